The number of thiophene rings is 1. The first-order chi connectivity index (χ1) is 8.60. The zero-order chi connectivity index (χ0) is 13.1. The van der Waals surface area contributed by atoms with E-state index in [-0.39, 0.29) is 0 Å². The second-order valence-corrected chi connectivity index (χ2v) is 5.76. The van der Waals surface area contributed by atoms with Crippen LogP contribution in [0.2, 0.25) is 0 Å². The maximum absolute atomic E-state index is 10.3. The highest BCUT2D eigenvalue weighted by atomic mass is 32.1. The van der Waals surface area contributed by atoms with Gasteiger partial charge in [0.1, 0.15) is 5.75 Å². The zero-order valence-electron chi connectivity index (χ0n) is 10.9. The zero-order valence-corrected chi connectivity index (χ0v) is 11.8. The molecule has 0 aliphatic rings. The molecule has 0 amide bonds. The minimum absolute atomic E-state index is 0.419. The van der Waals surface area contributed by atoms with E-state index in [0.29, 0.717) is 6.42 Å². The van der Waals surface area contributed by atoms with Crippen LogP contribution in [-0.2, 0) is 6.42 Å². The number of ether oxygens (including phenoxy) is 1. The summed E-state index contributed by atoms with van der Waals surface area (Å²) < 4.78 is 5.12. The van der Waals surface area contributed by atoms with Gasteiger partial charge in [0.15, 0.2) is 0 Å². The summed E-state index contributed by atoms with van der Waals surface area (Å²) in [6.45, 7) is 4.12. The average Bonchev–Trinajstić information content (AvgIpc) is 2.69. The second kappa shape index (κ2) is 5.55. The Bertz CT molecular complexity index is 514. The summed E-state index contributed by atoms with van der Waals surface area (Å²) in [5.74, 6) is 0.844. The number of hydrogen-bond donors (Lipinski definition) is 1. The number of benzene rings is 1. The lowest BCUT2D eigenvalue weighted by Gasteiger charge is -2.10. The summed E-state index contributed by atoms with van der Waals surface area (Å²) in [6.07, 6.45) is 0.224. The van der Waals surface area contributed by atoms with Crippen LogP contribution in [0.15, 0.2) is 30.3 Å². The van der Waals surface area contributed by atoms with E-state index in [1.54, 1.807) is 18.4 Å². The molecule has 0 fully saturated rings. The Balaban J connectivity index is 2.10. The molecule has 1 N–H and O–H groups in total. The third-order valence-corrected chi connectivity index (χ3v) is 4.22. The van der Waals surface area contributed by atoms with Crippen LogP contribution >= 0.6 is 11.3 Å². The van der Waals surface area contributed by atoms with Gasteiger partial charge in [0.25, 0.3) is 0 Å². The van der Waals surface area contributed by atoms with Gasteiger partial charge in [0, 0.05) is 16.2 Å². The first kappa shape index (κ1) is 13.1. The summed E-state index contributed by atoms with van der Waals surface area (Å²) in [5.41, 5.74) is 2.30. The Kier molecular flexibility index (Phi) is 4.04. The van der Waals surface area contributed by atoms with Gasteiger partial charge in [-0.05, 0) is 43.2 Å². The minimum Gasteiger partial charge on any atom is -0.497 e. The van der Waals surface area contributed by atoms with Crippen LogP contribution in [-0.4, -0.2) is 12.2 Å². The van der Waals surface area contributed by atoms with Gasteiger partial charge in [-0.3, -0.25) is 0 Å². The lowest BCUT2D eigenvalue weighted by atomic mass is 10.0. The van der Waals surface area contributed by atoms with Gasteiger partial charge in [-0.15, -0.1) is 11.3 Å². The van der Waals surface area contributed by atoms with Crippen molar-refractivity contribution < 1.29 is 9.84 Å². The summed E-state index contributed by atoms with van der Waals surface area (Å²) in [5, 5.41) is 10.3. The van der Waals surface area contributed by atoms with Crippen molar-refractivity contribution in [2.75, 3.05) is 7.11 Å². The van der Waals surface area contributed by atoms with Gasteiger partial charge in [0.05, 0.1) is 13.2 Å². The first-order valence-electron chi connectivity index (χ1n) is 5.98. The predicted octanol–water partition coefficient (Wildman–Crippen LogP) is 3.65. The van der Waals surface area contributed by atoms with Crippen molar-refractivity contribution >= 4 is 11.3 Å². The lowest BCUT2D eigenvalue weighted by Crippen LogP contribution is -2.01. The van der Waals surface area contributed by atoms with Crippen molar-refractivity contribution in [2.45, 2.75) is 26.4 Å². The van der Waals surface area contributed by atoms with E-state index in [4.69, 9.17) is 4.74 Å². The molecule has 0 aliphatic heterocycles. The predicted molar refractivity (Wildman–Crippen MR) is 75.5 cm³/mol. The van der Waals surface area contributed by atoms with Crippen LogP contribution in [0.1, 0.15) is 27.0 Å². The van der Waals surface area contributed by atoms with Gasteiger partial charge >= 0.3 is 0 Å². The third kappa shape index (κ3) is 2.92. The Morgan fingerprint density at radius 2 is 1.89 bits per heavy atom. The molecule has 0 bridgehead atoms. The molecule has 2 nitrogen and oxygen atoms in total. The van der Waals surface area contributed by atoms with Crippen molar-refractivity contribution in [3.05, 3.63) is 51.2 Å². The van der Waals surface area contributed by atoms with Crippen LogP contribution in [0.4, 0.5) is 0 Å². The largest absolute Gasteiger partial charge is 0.497 e. The highest BCUT2D eigenvalue weighted by Gasteiger charge is 2.14. The van der Waals surface area contributed by atoms with Crippen LogP contribution in [0.5, 0.6) is 5.75 Å². The van der Waals surface area contributed by atoms with Crippen molar-refractivity contribution in [1.29, 1.82) is 0 Å². The molecule has 1 heterocycles. The summed E-state index contributed by atoms with van der Waals surface area (Å²) >= 11 is 1.67. The Morgan fingerprint density at radius 3 is 2.39 bits per heavy atom. The topological polar surface area (TPSA) is 29.5 Å². The highest BCUT2D eigenvalue weighted by Crippen LogP contribution is 2.29. The standard InChI is InChI=1S/C15H18O2S/c1-10-8-11(2)18-15(10)14(16)9-12-4-6-13(17-3)7-5-12/h4-8,14,16H,9H2,1-3H3. The molecule has 2 rings (SSSR count). The SMILES string of the molecule is COc1ccc(CC(O)c2sc(C)cc2C)cc1. The normalized spacial score (nSPS) is 12.4. The second-order valence-electron chi connectivity index (χ2n) is 4.47. The average molecular weight is 262 g/mol. The highest BCUT2D eigenvalue weighted by molar-refractivity contribution is 7.12. The number of hydrogen-bond acceptors (Lipinski definition) is 3. The molecule has 18 heavy (non-hydrogen) atoms. The van der Waals surface area contributed by atoms with Crippen LogP contribution in [0, 0.1) is 13.8 Å². The molecule has 1 atom stereocenters. The molecule has 2 aromatic rings. The van der Waals surface area contributed by atoms with Gasteiger partial charge < -0.3 is 9.84 Å². The maximum Gasteiger partial charge on any atom is 0.118 e. The molecule has 0 radical (unpaired) electrons. The molecule has 0 saturated carbocycles. The molecule has 0 spiro atoms. The van der Waals surface area contributed by atoms with Gasteiger partial charge in [0.2, 0.25) is 0 Å². The third-order valence-electron chi connectivity index (χ3n) is 2.97. The first-order valence-corrected chi connectivity index (χ1v) is 6.79. The Labute approximate surface area is 112 Å². The van der Waals surface area contributed by atoms with Crippen molar-refractivity contribution in [1.82, 2.24) is 0 Å². The molecule has 3 heteroatoms. The number of aliphatic hydroxyl groups is 1. The van der Waals surface area contributed by atoms with E-state index in [2.05, 4.69) is 19.9 Å². The summed E-state index contributed by atoms with van der Waals surface area (Å²) in [4.78, 5) is 2.32. The van der Waals surface area contributed by atoms with Gasteiger partial charge in [-0.1, -0.05) is 12.1 Å². The van der Waals surface area contributed by atoms with E-state index < -0.39 is 6.10 Å². The number of methoxy groups -OCH3 is 1. The Hall–Kier alpha value is -1.32. The molecular weight excluding hydrogens is 244 g/mol. The molecule has 1 aromatic heterocycles. The molecule has 0 saturated heterocycles. The van der Waals surface area contributed by atoms with Crippen LogP contribution in [0.3, 0.4) is 0 Å². The summed E-state index contributed by atoms with van der Waals surface area (Å²) in [7, 11) is 1.65. The monoisotopic (exact) mass is 262 g/mol. The molecule has 1 aromatic carbocycles. The van der Waals surface area contributed by atoms with Crippen molar-refractivity contribution in [3.8, 4) is 5.75 Å². The molecule has 96 valence electrons. The summed E-state index contributed by atoms with van der Waals surface area (Å²) in [6, 6.07) is 9.97. The molecule has 1 unspecified atom stereocenters. The van der Waals surface area contributed by atoms with E-state index in [1.165, 1.54) is 10.4 Å². The molecular formula is C15H18O2S. The van der Waals surface area contributed by atoms with E-state index in [0.717, 1.165) is 16.2 Å². The van der Waals surface area contributed by atoms with Crippen LogP contribution in [0.25, 0.3) is 0 Å². The van der Waals surface area contributed by atoms with E-state index in [1.807, 2.05) is 24.3 Å². The minimum atomic E-state index is -0.419. The van der Waals surface area contributed by atoms with Crippen molar-refractivity contribution in [2.24, 2.45) is 0 Å². The fourth-order valence-corrected chi connectivity index (χ4v) is 3.09. The number of rotatable bonds is 4. The molecule has 0 aliphatic carbocycles. The van der Waals surface area contributed by atoms with Gasteiger partial charge in [-0.25, -0.2) is 0 Å². The quantitative estimate of drug-likeness (QED) is 0.911. The van der Waals surface area contributed by atoms with Gasteiger partial charge in [-0.2, -0.15) is 0 Å². The smallest absolute Gasteiger partial charge is 0.118 e. The van der Waals surface area contributed by atoms with Crippen LogP contribution < -0.4 is 4.74 Å². The maximum atomic E-state index is 10.3. The Morgan fingerprint density at radius 1 is 1.22 bits per heavy atom. The van der Waals surface area contributed by atoms with Crippen molar-refractivity contribution in [3.63, 3.8) is 0 Å². The van der Waals surface area contributed by atoms with E-state index >= 15 is 0 Å². The number of aryl methyl sites for hydroxylation is 2. The fraction of sp³-hybridized carbons (Fsp3) is 0.333. The van der Waals surface area contributed by atoms with E-state index in [9.17, 15) is 5.11 Å². The fourth-order valence-electron chi connectivity index (χ4n) is 2.07. The lowest BCUT2D eigenvalue weighted by molar-refractivity contribution is 0.181. The number of aliphatic hydroxyl groups excluding tert-OH is 1.